The summed E-state index contributed by atoms with van der Waals surface area (Å²) < 4.78 is 5.14. The van der Waals surface area contributed by atoms with Gasteiger partial charge in [-0.15, -0.1) is 0 Å². The Morgan fingerprint density at radius 1 is 1.55 bits per heavy atom. The molecule has 0 aromatic rings. The molecule has 2 unspecified atom stereocenters. The van der Waals surface area contributed by atoms with Crippen molar-refractivity contribution >= 4 is 0 Å². The summed E-state index contributed by atoms with van der Waals surface area (Å²) in [4.78, 5) is 0. The van der Waals surface area contributed by atoms with Gasteiger partial charge in [0.25, 0.3) is 0 Å². The Bertz CT molecular complexity index is 112. The van der Waals surface area contributed by atoms with E-state index in [4.69, 9.17) is 10.5 Å². The van der Waals surface area contributed by atoms with Gasteiger partial charge in [-0.1, -0.05) is 12.8 Å². The molecule has 66 valence electrons. The highest BCUT2D eigenvalue weighted by molar-refractivity contribution is 4.79. The van der Waals surface area contributed by atoms with Crippen LogP contribution in [0.4, 0.5) is 0 Å². The molecule has 0 heterocycles. The maximum atomic E-state index is 5.91. The molecule has 2 nitrogen and oxygen atoms in total. The maximum absolute atomic E-state index is 5.91. The summed E-state index contributed by atoms with van der Waals surface area (Å²) in [6.45, 7) is 2.08. The molecule has 0 amide bonds. The number of ether oxygens (including phenoxy) is 1. The fraction of sp³-hybridized carbons (Fsp3) is 1.00. The molecule has 2 heteroatoms. The average molecular weight is 157 g/mol. The molecular formula is C9H19NO. The minimum Gasteiger partial charge on any atom is -0.382 e. The normalized spacial score (nSPS) is 23.2. The Hall–Kier alpha value is -0.0800. The predicted octanol–water partition coefficient (Wildman–Crippen LogP) is 1.54. The molecule has 1 aliphatic rings. The first-order valence-corrected chi connectivity index (χ1v) is 4.50. The van der Waals surface area contributed by atoms with E-state index in [-0.39, 0.29) is 0 Å². The first-order valence-electron chi connectivity index (χ1n) is 4.50. The van der Waals surface area contributed by atoms with Crippen LogP contribution in [0.5, 0.6) is 0 Å². The maximum Gasteiger partial charge on any atom is 0.0558 e. The van der Waals surface area contributed by atoms with Crippen molar-refractivity contribution in [3.63, 3.8) is 0 Å². The van der Waals surface area contributed by atoms with Crippen LogP contribution in [0.25, 0.3) is 0 Å². The Balaban J connectivity index is 2.03. The van der Waals surface area contributed by atoms with Crippen molar-refractivity contribution in [1.29, 1.82) is 0 Å². The third-order valence-corrected chi connectivity index (χ3v) is 2.37. The van der Waals surface area contributed by atoms with Crippen LogP contribution in [0.2, 0.25) is 0 Å². The quantitative estimate of drug-likeness (QED) is 0.657. The van der Waals surface area contributed by atoms with Gasteiger partial charge in [-0.3, -0.25) is 0 Å². The van der Waals surface area contributed by atoms with Crippen molar-refractivity contribution in [2.24, 2.45) is 11.7 Å². The van der Waals surface area contributed by atoms with E-state index in [0.717, 1.165) is 12.3 Å². The molecule has 0 spiro atoms. The number of hydrogen-bond acceptors (Lipinski definition) is 2. The van der Waals surface area contributed by atoms with Gasteiger partial charge in [-0.25, -0.2) is 0 Å². The van der Waals surface area contributed by atoms with Gasteiger partial charge < -0.3 is 10.5 Å². The zero-order chi connectivity index (χ0) is 8.27. The lowest BCUT2D eigenvalue weighted by molar-refractivity contribution is 0.103. The molecule has 1 saturated carbocycles. The number of hydrogen-bond donors (Lipinski definition) is 1. The van der Waals surface area contributed by atoms with Crippen LogP contribution in [-0.4, -0.2) is 19.3 Å². The van der Waals surface area contributed by atoms with Gasteiger partial charge in [0.2, 0.25) is 0 Å². The van der Waals surface area contributed by atoms with E-state index in [9.17, 15) is 0 Å². The van der Waals surface area contributed by atoms with Crippen LogP contribution in [0.1, 0.15) is 32.6 Å². The fourth-order valence-corrected chi connectivity index (χ4v) is 1.40. The van der Waals surface area contributed by atoms with E-state index in [1.54, 1.807) is 7.11 Å². The molecule has 0 saturated heterocycles. The van der Waals surface area contributed by atoms with Crippen molar-refractivity contribution in [2.75, 3.05) is 7.11 Å². The molecule has 0 bridgehead atoms. The lowest BCUT2D eigenvalue weighted by Crippen LogP contribution is -2.26. The van der Waals surface area contributed by atoms with E-state index < -0.39 is 0 Å². The van der Waals surface area contributed by atoms with Gasteiger partial charge in [-0.2, -0.15) is 0 Å². The van der Waals surface area contributed by atoms with E-state index >= 15 is 0 Å². The second kappa shape index (κ2) is 4.07. The first kappa shape index (κ1) is 9.01. The summed E-state index contributed by atoms with van der Waals surface area (Å²) in [5.74, 6) is 0.939. The molecule has 0 radical (unpaired) electrons. The van der Waals surface area contributed by atoms with Crippen LogP contribution in [-0.2, 0) is 4.74 Å². The molecule has 1 aliphatic carbocycles. The van der Waals surface area contributed by atoms with Crippen molar-refractivity contribution in [3.05, 3.63) is 0 Å². The molecule has 2 atom stereocenters. The van der Waals surface area contributed by atoms with Gasteiger partial charge in [0.15, 0.2) is 0 Å². The monoisotopic (exact) mass is 157 g/mol. The van der Waals surface area contributed by atoms with E-state index in [0.29, 0.717) is 12.1 Å². The van der Waals surface area contributed by atoms with Crippen LogP contribution >= 0.6 is 0 Å². The van der Waals surface area contributed by atoms with E-state index in [1.165, 1.54) is 19.3 Å². The highest BCUT2D eigenvalue weighted by Crippen LogP contribution is 2.33. The van der Waals surface area contributed by atoms with Gasteiger partial charge in [-0.05, 0) is 25.7 Å². The van der Waals surface area contributed by atoms with E-state index in [2.05, 4.69) is 6.92 Å². The highest BCUT2D eigenvalue weighted by atomic mass is 16.5. The second-order valence-corrected chi connectivity index (χ2v) is 3.72. The number of rotatable bonds is 5. The SMILES string of the molecule is COC(C)CC(N)CC1CC1. The lowest BCUT2D eigenvalue weighted by atomic mass is 10.1. The smallest absolute Gasteiger partial charge is 0.0558 e. The Morgan fingerprint density at radius 3 is 2.64 bits per heavy atom. The first-order chi connectivity index (χ1) is 5.22. The molecule has 11 heavy (non-hydrogen) atoms. The third kappa shape index (κ3) is 3.73. The summed E-state index contributed by atoms with van der Waals surface area (Å²) in [6, 6.07) is 0.359. The van der Waals surface area contributed by atoms with Gasteiger partial charge in [0.1, 0.15) is 0 Å². The van der Waals surface area contributed by atoms with Crippen LogP contribution in [0.15, 0.2) is 0 Å². The Kier molecular flexibility index (Phi) is 3.34. The van der Waals surface area contributed by atoms with Gasteiger partial charge in [0.05, 0.1) is 6.10 Å². The summed E-state index contributed by atoms with van der Waals surface area (Å²) >= 11 is 0. The third-order valence-electron chi connectivity index (χ3n) is 2.37. The zero-order valence-electron chi connectivity index (χ0n) is 7.55. The molecule has 0 aliphatic heterocycles. The Labute approximate surface area is 69.1 Å². The lowest BCUT2D eigenvalue weighted by Gasteiger charge is -2.15. The highest BCUT2D eigenvalue weighted by Gasteiger charge is 2.24. The summed E-state index contributed by atoms with van der Waals surface area (Å²) in [7, 11) is 1.74. The molecule has 1 rings (SSSR count). The number of methoxy groups -OCH3 is 1. The molecule has 1 fully saturated rings. The van der Waals surface area contributed by atoms with Crippen molar-refractivity contribution in [3.8, 4) is 0 Å². The molecule has 0 aromatic heterocycles. The largest absolute Gasteiger partial charge is 0.382 e. The minimum absolute atomic E-state index is 0.323. The summed E-state index contributed by atoms with van der Waals surface area (Å²) in [6.07, 6.45) is 5.33. The Morgan fingerprint density at radius 2 is 2.18 bits per heavy atom. The molecular weight excluding hydrogens is 138 g/mol. The van der Waals surface area contributed by atoms with Gasteiger partial charge >= 0.3 is 0 Å². The average Bonchev–Trinajstić information content (AvgIpc) is 2.71. The van der Waals surface area contributed by atoms with Crippen molar-refractivity contribution in [1.82, 2.24) is 0 Å². The van der Waals surface area contributed by atoms with Crippen molar-refractivity contribution in [2.45, 2.75) is 44.8 Å². The van der Waals surface area contributed by atoms with Crippen LogP contribution in [0, 0.1) is 5.92 Å². The second-order valence-electron chi connectivity index (χ2n) is 3.72. The van der Waals surface area contributed by atoms with Gasteiger partial charge in [0, 0.05) is 13.2 Å². The predicted molar refractivity (Wildman–Crippen MR) is 46.4 cm³/mol. The fourth-order valence-electron chi connectivity index (χ4n) is 1.40. The summed E-state index contributed by atoms with van der Waals surface area (Å²) in [5.41, 5.74) is 5.91. The molecule has 0 aromatic carbocycles. The van der Waals surface area contributed by atoms with Crippen LogP contribution < -0.4 is 5.73 Å². The number of nitrogens with two attached hydrogens (primary N) is 1. The molecule has 2 N–H and O–H groups in total. The summed E-state index contributed by atoms with van der Waals surface area (Å²) in [5, 5.41) is 0. The minimum atomic E-state index is 0.323. The standard InChI is InChI=1S/C9H19NO/c1-7(11-2)5-9(10)6-8-3-4-8/h7-9H,3-6,10H2,1-2H3. The topological polar surface area (TPSA) is 35.2 Å². The van der Waals surface area contributed by atoms with Crippen LogP contribution in [0.3, 0.4) is 0 Å². The van der Waals surface area contributed by atoms with Crippen molar-refractivity contribution < 1.29 is 4.74 Å². The van der Waals surface area contributed by atoms with E-state index in [1.807, 2.05) is 0 Å². The zero-order valence-corrected chi connectivity index (χ0v) is 7.55.